The van der Waals surface area contributed by atoms with Crippen molar-refractivity contribution in [3.8, 4) is 0 Å². The van der Waals surface area contributed by atoms with Gasteiger partial charge in [0.1, 0.15) is 0 Å². The molecule has 0 heteroatoms. The summed E-state index contributed by atoms with van der Waals surface area (Å²) in [4.78, 5) is 0. The predicted molar refractivity (Wildman–Crippen MR) is 66.7 cm³/mol. The molecule has 2 rings (SSSR count). The third kappa shape index (κ3) is 2.53. The van der Waals surface area contributed by atoms with Crippen LogP contribution in [0.2, 0.25) is 0 Å². The smallest absolute Gasteiger partial charge is 0.0112 e. The van der Waals surface area contributed by atoms with Crippen LogP contribution in [0.1, 0.15) is 52.9 Å². The van der Waals surface area contributed by atoms with Crippen LogP contribution >= 0.6 is 0 Å². The van der Waals surface area contributed by atoms with E-state index in [4.69, 9.17) is 0 Å². The van der Waals surface area contributed by atoms with E-state index in [1.807, 2.05) is 0 Å². The van der Waals surface area contributed by atoms with Gasteiger partial charge in [-0.15, -0.1) is 0 Å². The van der Waals surface area contributed by atoms with E-state index in [0.717, 1.165) is 11.8 Å². The second-order valence-electron chi connectivity index (χ2n) is 5.98. The van der Waals surface area contributed by atoms with Crippen molar-refractivity contribution in [3.05, 3.63) is 23.8 Å². The van der Waals surface area contributed by atoms with Crippen molar-refractivity contribution >= 4 is 0 Å². The monoisotopic (exact) mass is 204 g/mol. The van der Waals surface area contributed by atoms with Crippen molar-refractivity contribution in [2.45, 2.75) is 52.9 Å². The molecule has 1 saturated carbocycles. The van der Waals surface area contributed by atoms with Gasteiger partial charge in [0.25, 0.3) is 0 Å². The molecule has 15 heavy (non-hydrogen) atoms. The zero-order valence-electron chi connectivity index (χ0n) is 10.4. The molecule has 0 saturated heterocycles. The molecular weight excluding hydrogens is 180 g/mol. The molecule has 1 fully saturated rings. The van der Waals surface area contributed by atoms with Crippen LogP contribution in [0, 0.1) is 17.3 Å². The minimum atomic E-state index is 0.619. The third-order valence-electron chi connectivity index (χ3n) is 4.12. The number of fused-ring (bicyclic) bond motifs is 2. The highest BCUT2D eigenvalue weighted by molar-refractivity contribution is 5.15. The summed E-state index contributed by atoms with van der Waals surface area (Å²) in [7, 11) is 0. The lowest BCUT2D eigenvalue weighted by Crippen LogP contribution is -2.12. The molecule has 0 aromatic rings. The van der Waals surface area contributed by atoms with E-state index in [1.54, 1.807) is 0 Å². The predicted octanol–water partition coefficient (Wildman–Crippen LogP) is 4.73. The minimum Gasteiger partial charge on any atom is -0.0848 e. The van der Waals surface area contributed by atoms with Gasteiger partial charge in [0.05, 0.1) is 0 Å². The van der Waals surface area contributed by atoms with Gasteiger partial charge in [-0.05, 0) is 63.2 Å². The summed E-state index contributed by atoms with van der Waals surface area (Å²) < 4.78 is 0. The quantitative estimate of drug-likeness (QED) is 0.581. The minimum absolute atomic E-state index is 0.619. The number of hydrogen-bond donors (Lipinski definition) is 0. The highest BCUT2D eigenvalue weighted by atomic mass is 14.4. The lowest BCUT2D eigenvalue weighted by Gasteiger charge is -2.24. The Morgan fingerprint density at radius 3 is 2.80 bits per heavy atom. The molecule has 0 aromatic carbocycles. The van der Waals surface area contributed by atoms with Gasteiger partial charge in [-0.2, -0.15) is 0 Å². The fourth-order valence-electron chi connectivity index (χ4n) is 3.33. The summed E-state index contributed by atoms with van der Waals surface area (Å²) >= 11 is 0. The largest absolute Gasteiger partial charge is 0.0848 e. The number of rotatable bonds is 4. The molecule has 84 valence electrons. The van der Waals surface area contributed by atoms with Gasteiger partial charge in [0, 0.05) is 0 Å². The molecular formula is C15H24. The lowest BCUT2D eigenvalue weighted by atomic mass is 9.81. The Kier molecular flexibility index (Phi) is 3.04. The van der Waals surface area contributed by atoms with Crippen molar-refractivity contribution < 1.29 is 0 Å². The van der Waals surface area contributed by atoms with Crippen LogP contribution in [0.3, 0.4) is 0 Å². The van der Waals surface area contributed by atoms with E-state index in [0.29, 0.717) is 5.41 Å². The van der Waals surface area contributed by atoms with Gasteiger partial charge < -0.3 is 0 Å². The zero-order chi connectivity index (χ0) is 10.9. The Labute approximate surface area is 94.5 Å². The maximum atomic E-state index is 2.52. The fraction of sp³-hybridized carbons (Fsp3) is 0.733. The van der Waals surface area contributed by atoms with Gasteiger partial charge in [-0.1, -0.05) is 30.7 Å². The Bertz CT molecular complexity index is 280. The standard InChI is InChI=1S/C15H24/c1-12(2)10-13(3)4-7-15-8-5-14(11-15)6-9-15/h5,8,10,13-14H,4,6-7,9,11H2,1-3H3. The number of allylic oxidation sites excluding steroid dienone is 4. The fourth-order valence-corrected chi connectivity index (χ4v) is 3.33. The van der Waals surface area contributed by atoms with Crippen molar-refractivity contribution in [3.63, 3.8) is 0 Å². The van der Waals surface area contributed by atoms with E-state index in [1.165, 1.54) is 37.7 Å². The zero-order valence-corrected chi connectivity index (χ0v) is 10.4. The first-order chi connectivity index (χ1) is 7.10. The average Bonchev–Trinajstić information content (AvgIpc) is 2.74. The molecule has 0 nitrogen and oxygen atoms in total. The molecule has 0 amide bonds. The van der Waals surface area contributed by atoms with Crippen LogP contribution < -0.4 is 0 Å². The Balaban J connectivity index is 1.83. The summed E-state index contributed by atoms with van der Waals surface area (Å²) in [6.07, 6.45) is 14.5. The summed E-state index contributed by atoms with van der Waals surface area (Å²) in [5, 5.41) is 0. The van der Waals surface area contributed by atoms with Crippen LogP contribution in [0.4, 0.5) is 0 Å². The average molecular weight is 204 g/mol. The molecule has 2 aliphatic carbocycles. The Morgan fingerprint density at radius 2 is 2.33 bits per heavy atom. The molecule has 3 atom stereocenters. The summed E-state index contributed by atoms with van der Waals surface area (Å²) in [6, 6.07) is 0. The normalized spacial score (nSPS) is 34.5. The molecule has 0 spiro atoms. The summed E-state index contributed by atoms with van der Waals surface area (Å²) in [5.74, 6) is 1.70. The summed E-state index contributed by atoms with van der Waals surface area (Å²) in [6.45, 7) is 6.76. The van der Waals surface area contributed by atoms with Gasteiger partial charge >= 0.3 is 0 Å². The van der Waals surface area contributed by atoms with Gasteiger partial charge in [-0.3, -0.25) is 0 Å². The first-order valence-electron chi connectivity index (χ1n) is 6.44. The Morgan fingerprint density at radius 1 is 1.53 bits per heavy atom. The van der Waals surface area contributed by atoms with Crippen molar-refractivity contribution in [2.24, 2.45) is 17.3 Å². The van der Waals surface area contributed by atoms with E-state index < -0.39 is 0 Å². The van der Waals surface area contributed by atoms with E-state index in [2.05, 4.69) is 39.0 Å². The first kappa shape index (κ1) is 11.0. The maximum Gasteiger partial charge on any atom is -0.0112 e. The van der Waals surface area contributed by atoms with Crippen LogP contribution in [0.15, 0.2) is 23.8 Å². The Hall–Kier alpha value is -0.520. The topological polar surface area (TPSA) is 0 Å². The van der Waals surface area contributed by atoms with Crippen molar-refractivity contribution in [1.29, 1.82) is 0 Å². The molecule has 0 aromatic heterocycles. The van der Waals surface area contributed by atoms with E-state index in [9.17, 15) is 0 Å². The van der Waals surface area contributed by atoms with Crippen molar-refractivity contribution in [1.82, 2.24) is 0 Å². The lowest BCUT2D eigenvalue weighted by molar-refractivity contribution is 0.341. The van der Waals surface area contributed by atoms with E-state index >= 15 is 0 Å². The SMILES string of the molecule is CC(C)=CC(C)CCC12C=CC(CC1)C2. The van der Waals surface area contributed by atoms with Crippen molar-refractivity contribution in [2.75, 3.05) is 0 Å². The van der Waals surface area contributed by atoms with Crippen LogP contribution in [0.5, 0.6) is 0 Å². The molecule has 0 heterocycles. The molecule has 0 N–H and O–H groups in total. The second-order valence-corrected chi connectivity index (χ2v) is 5.98. The van der Waals surface area contributed by atoms with Gasteiger partial charge in [-0.25, -0.2) is 0 Å². The van der Waals surface area contributed by atoms with Crippen LogP contribution in [-0.2, 0) is 0 Å². The highest BCUT2D eigenvalue weighted by Crippen LogP contribution is 2.52. The van der Waals surface area contributed by atoms with E-state index in [-0.39, 0.29) is 0 Å². The molecule has 0 aliphatic heterocycles. The highest BCUT2D eigenvalue weighted by Gasteiger charge is 2.39. The summed E-state index contributed by atoms with van der Waals surface area (Å²) in [5.41, 5.74) is 2.08. The molecule has 2 aliphatic rings. The number of hydrogen-bond acceptors (Lipinski definition) is 0. The second kappa shape index (κ2) is 4.15. The van der Waals surface area contributed by atoms with Gasteiger partial charge in [0.15, 0.2) is 0 Å². The molecule has 3 unspecified atom stereocenters. The van der Waals surface area contributed by atoms with Crippen LogP contribution in [-0.4, -0.2) is 0 Å². The first-order valence-corrected chi connectivity index (χ1v) is 6.44. The van der Waals surface area contributed by atoms with Crippen LogP contribution in [0.25, 0.3) is 0 Å². The molecule has 2 bridgehead atoms. The third-order valence-corrected chi connectivity index (χ3v) is 4.12. The van der Waals surface area contributed by atoms with Gasteiger partial charge in [0.2, 0.25) is 0 Å². The maximum absolute atomic E-state index is 2.52. The molecule has 0 radical (unpaired) electrons.